The molecule has 0 bridgehead atoms. The number of nitrogens with zero attached hydrogens (tertiary/aromatic N) is 2. The van der Waals surface area contributed by atoms with Gasteiger partial charge in [-0.3, -0.25) is 0 Å². The average molecular weight is 491 g/mol. The zero-order valence-electron chi connectivity index (χ0n) is 14.8. The minimum absolute atomic E-state index is 0.0165. The number of aliphatic imine (C=N–C) groups is 1. The fourth-order valence-corrected chi connectivity index (χ4v) is 3.54. The number of esters is 1. The van der Waals surface area contributed by atoms with Crippen LogP contribution in [0.5, 0.6) is 5.75 Å². The number of carbonyl (C=O) groups excluding carboxylic acids is 1. The molecule has 1 aromatic carbocycles. The van der Waals surface area contributed by atoms with Crippen LogP contribution < -0.4 is 5.32 Å². The van der Waals surface area contributed by atoms with Gasteiger partial charge in [0.15, 0.2) is 0 Å². The topological polar surface area (TPSA) is 87.3 Å². The molecule has 0 spiro atoms. The number of benzene rings is 1. The highest BCUT2D eigenvalue weighted by atomic mass is 79.9. The fraction of sp³-hybridized carbons (Fsp3) is 0.412. The summed E-state index contributed by atoms with van der Waals surface area (Å²) in [7, 11) is 3.98. The number of carbonyl (C=O) groups is 1. The summed E-state index contributed by atoms with van der Waals surface area (Å²) in [6.45, 7) is 3.90. The Morgan fingerprint density at radius 3 is 2.81 bits per heavy atom. The number of phenolic OH excluding ortho intramolecular Hbond substituents is 1. The predicted molar refractivity (Wildman–Crippen MR) is 108 cm³/mol. The first kappa shape index (κ1) is 20.7. The summed E-state index contributed by atoms with van der Waals surface area (Å²) in [5.74, 6) is -0.629. The van der Waals surface area contributed by atoms with E-state index >= 15 is 0 Å². The van der Waals surface area contributed by atoms with Gasteiger partial charge in [-0.15, -0.1) is 0 Å². The van der Waals surface area contributed by atoms with Crippen LogP contribution in [-0.4, -0.2) is 55.7 Å². The number of amidine groups is 1. The second kappa shape index (κ2) is 9.38. The molecule has 1 aromatic heterocycles. The van der Waals surface area contributed by atoms with Crippen LogP contribution in [0.15, 0.2) is 30.7 Å². The van der Waals surface area contributed by atoms with Gasteiger partial charge in [-0.2, -0.15) is 0 Å². The Balaban J connectivity index is 2.20. The van der Waals surface area contributed by atoms with Gasteiger partial charge in [-0.25, -0.2) is 9.79 Å². The molecule has 0 aliphatic rings. The van der Waals surface area contributed by atoms with Crippen molar-refractivity contribution in [3.63, 3.8) is 0 Å². The largest absolute Gasteiger partial charge is 0.506 e. The highest BCUT2D eigenvalue weighted by molar-refractivity contribution is 9.11. The maximum absolute atomic E-state index is 12.6. The minimum Gasteiger partial charge on any atom is -0.506 e. The zero-order chi connectivity index (χ0) is 19.3. The van der Waals surface area contributed by atoms with Crippen LogP contribution in [0.2, 0.25) is 0 Å². The predicted octanol–water partition coefficient (Wildman–Crippen LogP) is 3.74. The molecule has 2 rings (SSSR count). The lowest BCUT2D eigenvalue weighted by molar-refractivity contribution is 0.0708. The Labute approximate surface area is 168 Å². The van der Waals surface area contributed by atoms with Crippen molar-refractivity contribution in [1.29, 1.82) is 0 Å². The van der Waals surface area contributed by atoms with Crippen LogP contribution in [-0.2, 0) is 4.74 Å². The Bertz CT molecular complexity index is 818. The molecule has 2 aromatic rings. The lowest BCUT2D eigenvalue weighted by atomic mass is 10.1. The van der Waals surface area contributed by atoms with Crippen molar-refractivity contribution < 1.29 is 19.1 Å². The molecule has 0 radical (unpaired) electrons. The lowest BCUT2D eigenvalue weighted by Gasteiger charge is -2.10. The van der Waals surface area contributed by atoms with Gasteiger partial charge >= 0.3 is 5.97 Å². The standard InChI is InChI=1S/C17H21Br2N3O4/c1-4-20-17(21-6-5-7-22(2)3)26-16(24)10-9-25-12-8-11(18)15(23)14(19)13(10)12/h8-9,23H,4-7H2,1-3H3,(H,20,21). The van der Waals surface area contributed by atoms with Crippen LogP contribution in [0.4, 0.5) is 0 Å². The molecular weight excluding hydrogens is 470 g/mol. The van der Waals surface area contributed by atoms with Gasteiger partial charge in [0.05, 0.1) is 14.3 Å². The molecule has 0 fully saturated rings. The summed E-state index contributed by atoms with van der Waals surface area (Å²) in [5.41, 5.74) is 0.648. The summed E-state index contributed by atoms with van der Waals surface area (Å²) in [5, 5.41) is 13.4. The first-order valence-electron chi connectivity index (χ1n) is 8.08. The third kappa shape index (κ3) is 4.99. The first-order chi connectivity index (χ1) is 12.3. The number of nitrogens with one attached hydrogen (secondary N) is 1. The lowest BCUT2D eigenvalue weighted by Crippen LogP contribution is -2.29. The van der Waals surface area contributed by atoms with Gasteiger partial charge < -0.3 is 24.5 Å². The molecule has 0 aliphatic heterocycles. The number of fused-ring (bicyclic) bond motifs is 1. The van der Waals surface area contributed by atoms with Crippen LogP contribution in [0.1, 0.15) is 23.7 Å². The van der Waals surface area contributed by atoms with E-state index in [0.29, 0.717) is 33.0 Å². The molecule has 7 nitrogen and oxygen atoms in total. The van der Waals surface area contributed by atoms with Gasteiger partial charge in [-0.1, -0.05) is 0 Å². The number of furan rings is 1. The Morgan fingerprint density at radius 1 is 1.42 bits per heavy atom. The highest BCUT2D eigenvalue weighted by Gasteiger charge is 2.22. The van der Waals surface area contributed by atoms with Crippen molar-refractivity contribution in [2.24, 2.45) is 4.99 Å². The Kier molecular flexibility index (Phi) is 7.48. The molecule has 26 heavy (non-hydrogen) atoms. The van der Waals surface area contributed by atoms with E-state index in [9.17, 15) is 9.90 Å². The molecule has 142 valence electrons. The van der Waals surface area contributed by atoms with Gasteiger partial charge in [0, 0.05) is 13.1 Å². The van der Waals surface area contributed by atoms with Gasteiger partial charge in [0.2, 0.25) is 0 Å². The zero-order valence-corrected chi connectivity index (χ0v) is 18.0. The van der Waals surface area contributed by atoms with Crippen molar-refractivity contribution in [2.75, 3.05) is 33.7 Å². The number of ether oxygens (including phenoxy) is 1. The summed E-state index contributed by atoms with van der Waals surface area (Å²) in [4.78, 5) is 18.9. The SMILES string of the molecule is CCNC(=NCCCN(C)C)OC(=O)c1coc2cc(Br)c(O)c(Br)c12. The number of hydrogen-bond donors (Lipinski definition) is 2. The normalized spacial score (nSPS) is 12.0. The minimum atomic E-state index is -0.613. The number of phenols is 1. The average Bonchev–Trinajstić information content (AvgIpc) is 3.00. The third-order valence-corrected chi connectivity index (χ3v) is 4.86. The first-order valence-corrected chi connectivity index (χ1v) is 9.67. The molecule has 1 heterocycles. The quantitative estimate of drug-likeness (QED) is 0.277. The molecule has 2 N–H and O–H groups in total. The van der Waals surface area contributed by atoms with Gasteiger partial charge in [0.25, 0.3) is 6.02 Å². The number of aromatic hydroxyl groups is 1. The number of hydrogen-bond acceptors (Lipinski definition) is 6. The van der Waals surface area contributed by atoms with Gasteiger partial charge in [-0.05, 0) is 71.9 Å². The monoisotopic (exact) mass is 489 g/mol. The Morgan fingerprint density at radius 2 is 2.15 bits per heavy atom. The second-order valence-corrected chi connectivity index (χ2v) is 7.45. The summed E-state index contributed by atoms with van der Waals surface area (Å²) in [6, 6.07) is 1.76. The molecule has 0 saturated carbocycles. The molecule has 0 unspecified atom stereocenters. The van der Waals surface area contributed by atoms with Crippen molar-refractivity contribution in [2.45, 2.75) is 13.3 Å². The van der Waals surface area contributed by atoms with Crippen LogP contribution >= 0.6 is 31.9 Å². The molecule has 9 heteroatoms. The van der Waals surface area contributed by atoms with Gasteiger partial charge in [0.1, 0.15) is 23.2 Å². The van der Waals surface area contributed by atoms with E-state index in [4.69, 9.17) is 9.15 Å². The summed E-state index contributed by atoms with van der Waals surface area (Å²) < 4.78 is 11.6. The second-order valence-electron chi connectivity index (χ2n) is 5.81. The van der Waals surface area contributed by atoms with E-state index in [1.54, 1.807) is 6.07 Å². The number of rotatable bonds is 6. The molecule has 0 atom stereocenters. The molecule has 0 amide bonds. The van der Waals surface area contributed by atoms with Crippen LogP contribution in [0.3, 0.4) is 0 Å². The van der Waals surface area contributed by atoms with Crippen molar-refractivity contribution in [3.05, 3.63) is 26.8 Å². The van der Waals surface area contributed by atoms with Crippen molar-refractivity contribution in [3.8, 4) is 5.75 Å². The van der Waals surface area contributed by atoms with Crippen LogP contribution in [0, 0.1) is 0 Å². The molecular formula is C17H21Br2N3O4. The van der Waals surface area contributed by atoms with E-state index in [0.717, 1.165) is 13.0 Å². The summed E-state index contributed by atoms with van der Waals surface area (Å²) >= 11 is 6.52. The van der Waals surface area contributed by atoms with Crippen LogP contribution in [0.25, 0.3) is 11.0 Å². The van der Waals surface area contributed by atoms with E-state index in [1.165, 1.54) is 6.26 Å². The van der Waals surface area contributed by atoms with Crippen molar-refractivity contribution in [1.82, 2.24) is 10.2 Å². The molecule has 0 aliphatic carbocycles. The Hall–Kier alpha value is -1.58. The smallest absolute Gasteiger partial charge is 0.349 e. The maximum atomic E-state index is 12.6. The number of halogens is 2. The van der Waals surface area contributed by atoms with E-state index in [-0.39, 0.29) is 17.3 Å². The summed E-state index contributed by atoms with van der Waals surface area (Å²) in [6.07, 6.45) is 2.15. The van der Waals surface area contributed by atoms with Crippen molar-refractivity contribution >= 4 is 54.8 Å². The highest BCUT2D eigenvalue weighted by Crippen LogP contribution is 2.41. The third-order valence-electron chi connectivity index (χ3n) is 3.49. The van der Waals surface area contributed by atoms with E-state index in [1.807, 2.05) is 21.0 Å². The van der Waals surface area contributed by atoms with E-state index in [2.05, 4.69) is 47.1 Å². The fourth-order valence-electron chi connectivity index (χ4n) is 2.25. The molecule has 0 saturated heterocycles. The van der Waals surface area contributed by atoms with E-state index < -0.39 is 5.97 Å². The maximum Gasteiger partial charge on any atom is 0.349 e.